The van der Waals surface area contributed by atoms with E-state index in [0.29, 0.717) is 0 Å². The molecule has 1 aromatic rings. The zero-order chi connectivity index (χ0) is 15.1. The van der Waals surface area contributed by atoms with E-state index in [0.717, 1.165) is 50.7 Å². The smallest absolute Gasteiger partial charge is 0.321 e. The lowest BCUT2D eigenvalue weighted by Crippen LogP contribution is -2.46. The van der Waals surface area contributed by atoms with Crippen molar-refractivity contribution in [1.82, 2.24) is 15.1 Å². The van der Waals surface area contributed by atoms with Crippen LogP contribution < -0.4 is 15.4 Å². The number of ether oxygens (including phenoxy) is 1. The first-order chi connectivity index (χ1) is 10.2. The molecular formula is C15H24N4O2. The van der Waals surface area contributed by atoms with E-state index in [-0.39, 0.29) is 6.03 Å². The van der Waals surface area contributed by atoms with Crippen LogP contribution in [0, 0.1) is 0 Å². The van der Waals surface area contributed by atoms with Crippen LogP contribution in [0.25, 0.3) is 0 Å². The maximum atomic E-state index is 12.1. The van der Waals surface area contributed by atoms with E-state index < -0.39 is 0 Å². The second kappa shape index (κ2) is 7.85. The van der Waals surface area contributed by atoms with Gasteiger partial charge in [0.25, 0.3) is 0 Å². The fraction of sp³-hybridized carbons (Fsp3) is 0.533. The van der Waals surface area contributed by atoms with Crippen LogP contribution >= 0.6 is 0 Å². The fourth-order valence-corrected chi connectivity index (χ4v) is 2.25. The largest absolute Gasteiger partial charge is 0.497 e. The highest BCUT2D eigenvalue weighted by atomic mass is 16.5. The molecule has 2 rings (SSSR count). The lowest BCUT2D eigenvalue weighted by atomic mass is 10.3. The molecule has 6 heteroatoms. The maximum absolute atomic E-state index is 12.1. The van der Waals surface area contributed by atoms with E-state index >= 15 is 0 Å². The summed E-state index contributed by atoms with van der Waals surface area (Å²) >= 11 is 0. The van der Waals surface area contributed by atoms with Crippen molar-refractivity contribution in [3.8, 4) is 5.75 Å². The maximum Gasteiger partial charge on any atom is 0.321 e. The SMILES string of the molecule is COc1cccc(NC(=O)N(C)CCN2CCNCC2)c1. The minimum Gasteiger partial charge on any atom is -0.497 e. The molecule has 0 unspecified atom stereocenters. The topological polar surface area (TPSA) is 56.8 Å². The average molecular weight is 292 g/mol. The number of piperazine rings is 1. The lowest BCUT2D eigenvalue weighted by molar-refractivity contribution is 0.197. The number of urea groups is 1. The molecule has 2 amide bonds. The number of hydrogen-bond donors (Lipinski definition) is 2. The predicted molar refractivity (Wildman–Crippen MR) is 84.0 cm³/mol. The van der Waals surface area contributed by atoms with E-state index in [4.69, 9.17) is 4.74 Å². The molecule has 2 N–H and O–H groups in total. The van der Waals surface area contributed by atoms with Crippen LogP contribution in [-0.2, 0) is 0 Å². The zero-order valence-electron chi connectivity index (χ0n) is 12.8. The molecule has 0 saturated carbocycles. The Bertz CT molecular complexity index is 461. The quantitative estimate of drug-likeness (QED) is 0.852. The van der Waals surface area contributed by atoms with Crippen LogP contribution in [0.5, 0.6) is 5.75 Å². The zero-order valence-corrected chi connectivity index (χ0v) is 12.8. The Balaban J connectivity index is 1.78. The molecular weight excluding hydrogens is 268 g/mol. The molecule has 1 aliphatic rings. The Morgan fingerprint density at radius 3 is 2.90 bits per heavy atom. The second-order valence-corrected chi connectivity index (χ2v) is 5.18. The van der Waals surface area contributed by atoms with Gasteiger partial charge in [-0.1, -0.05) is 6.07 Å². The third-order valence-corrected chi connectivity index (χ3v) is 3.63. The molecule has 1 heterocycles. The molecule has 0 aliphatic carbocycles. The number of carbonyl (C=O) groups excluding carboxylic acids is 1. The van der Waals surface area contributed by atoms with Gasteiger partial charge in [-0.15, -0.1) is 0 Å². The van der Waals surface area contributed by atoms with E-state index in [1.807, 2.05) is 31.3 Å². The Morgan fingerprint density at radius 1 is 1.43 bits per heavy atom. The summed E-state index contributed by atoms with van der Waals surface area (Å²) in [6.07, 6.45) is 0. The molecule has 0 aromatic heterocycles. The summed E-state index contributed by atoms with van der Waals surface area (Å²) in [5.41, 5.74) is 0.744. The van der Waals surface area contributed by atoms with E-state index in [1.54, 1.807) is 12.0 Å². The Kier molecular flexibility index (Phi) is 5.83. The van der Waals surface area contributed by atoms with Gasteiger partial charge in [-0.3, -0.25) is 4.90 Å². The number of methoxy groups -OCH3 is 1. The number of likely N-dealkylation sites (N-methyl/N-ethyl adjacent to an activating group) is 1. The number of amides is 2. The van der Waals surface area contributed by atoms with Gasteiger partial charge in [0.1, 0.15) is 5.75 Å². The van der Waals surface area contributed by atoms with Gasteiger partial charge >= 0.3 is 6.03 Å². The Hall–Kier alpha value is -1.79. The van der Waals surface area contributed by atoms with Crippen molar-refractivity contribution in [2.75, 3.05) is 58.7 Å². The first-order valence-electron chi connectivity index (χ1n) is 7.28. The van der Waals surface area contributed by atoms with Gasteiger partial charge in [0.15, 0.2) is 0 Å². The number of anilines is 1. The third kappa shape index (κ3) is 4.91. The summed E-state index contributed by atoms with van der Waals surface area (Å²) in [5.74, 6) is 0.733. The summed E-state index contributed by atoms with van der Waals surface area (Å²) in [5, 5.41) is 6.20. The molecule has 0 spiro atoms. The Labute approximate surface area is 126 Å². The van der Waals surface area contributed by atoms with Gasteiger partial charge in [0.2, 0.25) is 0 Å². The normalized spacial score (nSPS) is 15.5. The van der Waals surface area contributed by atoms with Gasteiger partial charge in [-0.05, 0) is 12.1 Å². The molecule has 1 fully saturated rings. The molecule has 6 nitrogen and oxygen atoms in total. The predicted octanol–water partition coefficient (Wildman–Crippen LogP) is 1.06. The second-order valence-electron chi connectivity index (χ2n) is 5.18. The number of nitrogens with zero attached hydrogens (tertiary/aromatic N) is 2. The lowest BCUT2D eigenvalue weighted by Gasteiger charge is -2.29. The minimum absolute atomic E-state index is 0.0987. The van der Waals surface area contributed by atoms with Crippen molar-refractivity contribution in [1.29, 1.82) is 0 Å². The Morgan fingerprint density at radius 2 is 2.19 bits per heavy atom. The highest BCUT2D eigenvalue weighted by Crippen LogP contribution is 2.16. The number of hydrogen-bond acceptors (Lipinski definition) is 4. The van der Waals surface area contributed by atoms with E-state index in [2.05, 4.69) is 15.5 Å². The standard InChI is InChI=1S/C15H24N4O2/c1-18(10-11-19-8-6-16-7-9-19)15(20)17-13-4-3-5-14(12-13)21-2/h3-5,12,16H,6-11H2,1-2H3,(H,17,20). The van der Waals surface area contributed by atoms with Gasteiger partial charge in [0, 0.05) is 58.1 Å². The van der Waals surface area contributed by atoms with E-state index in [9.17, 15) is 4.79 Å². The summed E-state index contributed by atoms with van der Waals surface area (Å²) in [4.78, 5) is 16.2. The van der Waals surface area contributed by atoms with Crippen molar-refractivity contribution in [2.24, 2.45) is 0 Å². The highest BCUT2D eigenvalue weighted by molar-refractivity contribution is 5.89. The molecule has 0 radical (unpaired) electrons. The summed E-state index contributed by atoms with van der Waals surface area (Å²) in [6.45, 7) is 5.77. The number of benzene rings is 1. The third-order valence-electron chi connectivity index (χ3n) is 3.63. The molecule has 1 aliphatic heterocycles. The van der Waals surface area contributed by atoms with E-state index in [1.165, 1.54) is 0 Å². The summed E-state index contributed by atoms with van der Waals surface area (Å²) in [7, 11) is 3.43. The molecule has 1 aromatic carbocycles. The van der Waals surface area contributed by atoms with Crippen molar-refractivity contribution in [3.63, 3.8) is 0 Å². The van der Waals surface area contributed by atoms with Crippen molar-refractivity contribution in [3.05, 3.63) is 24.3 Å². The van der Waals surface area contributed by atoms with Crippen LogP contribution in [0.3, 0.4) is 0 Å². The number of carbonyl (C=O) groups is 1. The molecule has 0 atom stereocenters. The van der Waals surface area contributed by atoms with Crippen LogP contribution in [0.2, 0.25) is 0 Å². The van der Waals surface area contributed by atoms with Gasteiger partial charge in [-0.25, -0.2) is 4.79 Å². The van der Waals surface area contributed by atoms with Gasteiger partial charge < -0.3 is 20.3 Å². The molecule has 0 bridgehead atoms. The molecule has 21 heavy (non-hydrogen) atoms. The van der Waals surface area contributed by atoms with Crippen LogP contribution in [-0.4, -0.2) is 69.3 Å². The van der Waals surface area contributed by atoms with Gasteiger partial charge in [0.05, 0.1) is 7.11 Å². The molecule has 1 saturated heterocycles. The highest BCUT2D eigenvalue weighted by Gasteiger charge is 2.13. The minimum atomic E-state index is -0.0987. The van der Waals surface area contributed by atoms with Crippen molar-refractivity contribution in [2.45, 2.75) is 0 Å². The fourth-order valence-electron chi connectivity index (χ4n) is 2.25. The molecule has 116 valence electrons. The monoisotopic (exact) mass is 292 g/mol. The number of nitrogens with one attached hydrogen (secondary N) is 2. The first kappa shape index (κ1) is 15.6. The summed E-state index contributed by atoms with van der Waals surface area (Å²) in [6, 6.07) is 7.27. The van der Waals surface area contributed by atoms with Crippen molar-refractivity contribution >= 4 is 11.7 Å². The van der Waals surface area contributed by atoms with Crippen LogP contribution in [0.4, 0.5) is 10.5 Å². The first-order valence-corrected chi connectivity index (χ1v) is 7.28. The number of rotatable bonds is 5. The van der Waals surface area contributed by atoms with Crippen LogP contribution in [0.15, 0.2) is 24.3 Å². The average Bonchev–Trinajstić information content (AvgIpc) is 2.53. The van der Waals surface area contributed by atoms with Crippen molar-refractivity contribution < 1.29 is 9.53 Å². The van der Waals surface area contributed by atoms with Gasteiger partial charge in [-0.2, -0.15) is 0 Å². The van der Waals surface area contributed by atoms with Crippen LogP contribution in [0.1, 0.15) is 0 Å². The summed E-state index contributed by atoms with van der Waals surface area (Å²) < 4.78 is 5.15.